The molecule has 2 aliphatic rings. The number of aliphatic hydroxyl groups is 1. The molecular weight excluding hydrogens is 138 g/mol. The second-order valence-electron chi connectivity index (χ2n) is 4.85. The molecule has 0 aromatic rings. The third-order valence-electron chi connectivity index (χ3n) is 2.83. The van der Waals surface area contributed by atoms with Gasteiger partial charge in [-0.05, 0) is 39.5 Å². The maximum atomic E-state index is 9.58. The van der Waals surface area contributed by atoms with Crippen molar-refractivity contribution in [1.82, 2.24) is 5.32 Å². The van der Waals surface area contributed by atoms with Crippen LogP contribution in [0.2, 0.25) is 0 Å². The number of rotatable bonds is 0. The van der Waals surface area contributed by atoms with E-state index in [2.05, 4.69) is 19.2 Å². The van der Waals surface area contributed by atoms with E-state index in [4.69, 9.17) is 0 Å². The van der Waals surface area contributed by atoms with Gasteiger partial charge < -0.3 is 10.4 Å². The summed E-state index contributed by atoms with van der Waals surface area (Å²) in [4.78, 5) is 0. The Bertz CT molecular complexity index is 166. The van der Waals surface area contributed by atoms with Crippen molar-refractivity contribution < 1.29 is 5.11 Å². The van der Waals surface area contributed by atoms with Crippen LogP contribution in [0.5, 0.6) is 0 Å². The molecule has 0 radical (unpaired) electrons. The molecule has 2 heteroatoms. The Morgan fingerprint density at radius 1 is 1.27 bits per heavy atom. The molecule has 1 saturated heterocycles. The van der Waals surface area contributed by atoms with Gasteiger partial charge in [-0.1, -0.05) is 0 Å². The lowest BCUT2D eigenvalue weighted by Crippen LogP contribution is -2.55. The van der Waals surface area contributed by atoms with E-state index in [1.54, 1.807) is 0 Å². The molecule has 1 aliphatic carbocycles. The second-order valence-corrected chi connectivity index (χ2v) is 4.85. The molecular formula is C9H17NO. The van der Waals surface area contributed by atoms with Crippen LogP contribution in [0.3, 0.4) is 0 Å². The summed E-state index contributed by atoms with van der Waals surface area (Å²) in [6.07, 6.45) is 4.31. The predicted molar refractivity (Wildman–Crippen MR) is 44.4 cm³/mol. The SMILES string of the molecule is CC1(C)CC(O)CC2(CC2)N1. The van der Waals surface area contributed by atoms with E-state index in [9.17, 15) is 5.11 Å². The summed E-state index contributed by atoms with van der Waals surface area (Å²) in [6, 6.07) is 0. The van der Waals surface area contributed by atoms with Crippen LogP contribution in [0, 0.1) is 0 Å². The summed E-state index contributed by atoms with van der Waals surface area (Å²) >= 11 is 0. The normalized spacial score (nSPS) is 39.0. The van der Waals surface area contributed by atoms with E-state index < -0.39 is 0 Å². The lowest BCUT2D eigenvalue weighted by atomic mass is 9.86. The smallest absolute Gasteiger partial charge is 0.0575 e. The molecule has 11 heavy (non-hydrogen) atoms. The molecule has 1 spiro atoms. The first-order chi connectivity index (χ1) is 5.02. The van der Waals surface area contributed by atoms with Crippen molar-refractivity contribution >= 4 is 0 Å². The van der Waals surface area contributed by atoms with E-state index >= 15 is 0 Å². The molecule has 64 valence electrons. The quantitative estimate of drug-likeness (QED) is 0.548. The summed E-state index contributed by atoms with van der Waals surface area (Å²) in [6.45, 7) is 4.35. The average Bonchev–Trinajstić information content (AvgIpc) is 2.41. The summed E-state index contributed by atoms with van der Waals surface area (Å²) in [5.41, 5.74) is 0.481. The van der Waals surface area contributed by atoms with Crippen molar-refractivity contribution in [2.24, 2.45) is 0 Å². The fourth-order valence-corrected chi connectivity index (χ4v) is 2.41. The summed E-state index contributed by atoms with van der Waals surface area (Å²) in [7, 11) is 0. The first-order valence-corrected chi connectivity index (χ1v) is 4.49. The van der Waals surface area contributed by atoms with Gasteiger partial charge in [0.2, 0.25) is 0 Å². The molecule has 0 amide bonds. The number of piperidine rings is 1. The predicted octanol–water partition coefficient (Wildman–Crippen LogP) is 1.04. The lowest BCUT2D eigenvalue weighted by molar-refractivity contribution is 0.0598. The molecule has 2 N–H and O–H groups in total. The molecule has 2 nitrogen and oxygen atoms in total. The summed E-state index contributed by atoms with van der Waals surface area (Å²) < 4.78 is 0. The van der Waals surface area contributed by atoms with Gasteiger partial charge in [0, 0.05) is 11.1 Å². The fourth-order valence-electron chi connectivity index (χ4n) is 2.41. The third kappa shape index (κ3) is 1.42. The van der Waals surface area contributed by atoms with Gasteiger partial charge in [-0.15, -0.1) is 0 Å². The van der Waals surface area contributed by atoms with Crippen molar-refractivity contribution in [2.75, 3.05) is 0 Å². The number of hydrogen-bond donors (Lipinski definition) is 2. The van der Waals surface area contributed by atoms with Crippen LogP contribution >= 0.6 is 0 Å². The minimum Gasteiger partial charge on any atom is -0.393 e. The molecule has 0 aromatic carbocycles. The highest BCUT2D eigenvalue weighted by molar-refractivity contribution is 5.10. The van der Waals surface area contributed by atoms with E-state index in [1.807, 2.05) is 0 Å². The highest BCUT2D eigenvalue weighted by atomic mass is 16.3. The molecule has 2 fully saturated rings. The van der Waals surface area contributed by atoms with Gasteiger partial charge >= 0.3 is 0 Å². The van der Waals surface area contributed by atoms with E-state index in [0.29, 0.717) is 5.54 Å². The van der Waals surface area contributed by atoms with Gasteiger partial charge in [-0.2, -0.15) is 0 Å². The van der Waals surface area contributed by atoms with Gasteiger partial charge in [0.25, 0.3) is 0 Å². The van der Waals surface area contributed by atoms with Crippen LogP contribution in [-0.2, 0) is 0 Å². The Morgan fingerprint density at radius 3 is 2.36 bits per heavy atom. The molecule has 1 heterocycles. The molecule has 1 unspecified atom stereocenters. The van der Waals surface area contributed by atoms with Crippen LogP contribution in [0.25, 0.3) is 0 Å². The van der Waals surface area contributed by atoms with Crippen LogP contribution in [-0.4, -0.2) is 22.3 Å². The van der Waals surface area contributed by atoms with Crippen molar-refractivity contribution in [3.05, 3.63) is 0 Å². The van der Waals surface area contributed by atoms with Crippen molar-refractivity contribution in [2.45, 2.75) is 56.7 Å². The maximum Gasteiger partial charge on any atom is 0.0575 e. The number of aliphatic hydroxyl groups excluding tert-OH is 1. The summed E-state index contributed by atoms with van der Waals surface area (Å²) in [5.74, 6) is 0. The minimum absolute atomic E-state index is 0.0752. The second kappa shape index (κ2) is 1.99. The highest BCUT2D eigenvalue weighted by Gasteiger charge is 2.50. The number of nitrogens with one attached hydrogen (secondary N) is 1. The van der Waals surface area contributed by atoms with E-state index in [1.165, 1.54) is 12.8 Å². The Hall–Kier alpha value is -0.0800. The highest BCUT2D eigenvalue weighted by Crippen LogP contribution is 2.45. The van der Waals surface area contributed by atoms with Crippen molar-refractivity contribution in [3.8, 4) is 0 Å². The largest absolute Gasteiger partial charge is 0.393 e. The van der Waals surface area contributed by atoms with Gasteiger partial charge in [-0.3, -0.25) is 0 Å². The zero-order valence-corrected chi connectivity index (χ0v) is 7.35. The molecule has 0 bridgehead atoms. The molecule has 2 rings (SSSR count). The van der Waals surface area contributed by atoms with Gasteiger partial charge in [0.1, 0.15) is 0 Å². The minimum atomic E-state index is -0.0752. The lowest BCUT2D eigenvalue weighted by Gasteiger charge is -2.40. The first kappa shape index (κ1) is 7.56. The Balaban J connectivity index is 2.09. The monoisotopic (exact) mass is 155 g/mol. The van der Waals surface area contributed by atoms with Crippen molar-refractivity contribution in [3.63, 3.8) is 0 Å². The van der Waals surface area contributed by atoms with Crippen LogP contribution in [0.1, 0.15) is 39.5 Å². The Kier molecular flexibility index (Phi) is 1.37. The van der Waals surface area contributed by atoms with E-state index in [-0.39, 0.29) is 11.6 Å². The topological polar surface area (TPSA) is 32.3 Å². The zero-order chi connectivity index (χ0) is 8.11. The van der Waals surface area contributed by atoms with Gasteiger partial charge in [0.05, 0.1) is 6.10 Å². The van der Waals surface area contributed by atoms with Crippen LogP contribution < -0.4 is 5.32 Å². The Labute approximate surface area is 68.0 Å². The molecule has 1 atom stereocenters. The van der Waals surface area contributed by atoms with Crippen LogP contribution in [0.15, 0.2) is 0 Å². The van der Waals surface area contributed by atoms with Gasteiger partial charge in [0.15, 0.2) is 0 Å². The van der Waals surface area contributed by atoms with Crippen LogP contribution in [0.4, 0.5) is 0 Å². The molecule has 1 saturated carbocycles. The molecule has 0 aromatic heterocycles. The maximum absolute atomic E-state index is 9.58. The third-order valence-corrected chi connectivity index (χ3v) is 2.83. The Morgan fingerprint density at radius 2 is 1.91 bits per heavy atom. The summed E-state index contributed by atoms with van der Waals surface area (Å²) in [5, 5.41) is 13.2. The average molecular weight is 155 g/mol. The van der Waals surface area contributed by atoms with E-state index in [0.717, 1.165) is 12.8 Å². The fraction of sp³-hybridized carbons (Fsp3) is 1.00. The number of hydrogen-bond acceptors (Lipinski definition) is 2. The van der Waals surface area contributed by atoms with Gasteiger partial charge in [-0.25, -0.2) is 0 Å². The molecule has 1 aliphatic heterocycles. The van der Waals surface area contributed by atoms with Crippen molar-refractivity contribution in [1.29, 1.82) is 0 Å². The zero-order valence-electron chi connectivity index (χ0n) is 7.35. The standard InChI is InChI=1S/C9H17NO/c1-8(2)5-7(11)6-9(10-8)3-4-9/h7,10-11H,3-6H2,1-2H3. The first-order valence-electron chi connectivity index (χ1n) is 4.49.